The summed E-state index contributed by atoms with van der Waals surface area (Å²) in [6.07, 6.45) is 5.32. The Bertz CT molecular complexity index is 479. The summed E-state index contributed by atoms with van der Waals surface area (Å²) in [5.41, 5.74) is 7.27. The average Bonchev–Trinajstić information content (AvgIpc) is 2.67. The van der Waals surface area contributed by atoms with Crippen molar-refractivity contribution < 1.29 is 6.22 Å². The number of fused-ring (bicyclic) bond motifs is 1. The molecule has 0 aliphatic rings. The Morgan fingerprint density at radius 1 is 1.53 bits per heavy atom. The first-order valence-corrected chi connectivity index (χ1v) is 4.91. The van der Waals surface area contributed by atoms with Gasteiger partial charge in [0.15, 0.2) is 0 Å². The van der Waals surface area contributed by atoms with Crippen molar-refractivity contribution in [1.82, 2.24) is 9.38 Å². The van der Waals surface area contributed by atoms with E-state index in [2.05, 4.69) is 4.98 Å². The van der Waals surface area contributed by atoms with E-state index in [1.807, 2.05) is 27.0 Å². The number of amides is 1. The van der Waals surface area contributed by atoms with Gasteiger partial charge in [0.2, 0.25) is 0 Å². The predicted molar refractivity (Wildman–Crippen MR) is 61.9 cm³/mol. The molecule has 0 aliphatic heterocycles. The van der Waals surface area contributed by atoms with E-state index in [4.69, 9.17) is 5.73 Å². The zero-order chi connectivity index (χ0) is 11.4. The summed E-state index contributed by atoms with van der Waals surface area (Å²) in [7, 11) is 0. The van der Waals surface area contributed by atoms with Gasteiger partial charge in [0.05, 0.1) is 5.56 Å². The van der Waals surface area contributed by atoms with Crippen molar-refractivity contribution in [3.8, 4) is 0 Å². The Morgan fingerprint density at radius 2 is 2.20 bits per heavy atom. The summed E-state index contributed by atoms with van der Waals surface area (Å²) in [6, 6.07) is 1.74. The van der Waals surface area contributed by atoms with Gasteiger partial charge < -0.3 is 10.1 Å². The molecular formula is C11H17N3O. The van der Waals surface area contributed by atoms with Gasteiger partial charge in [-0.25, -0.2) is 4.98 Å². The van der Waals surface area contributed by atoms with Crippen molar-refractivity contribution in [3.63, 3.8) is 0 Å². The van der Waals surface area contributed by atoms with E-state index in [1.54, 1.807) is 22.9 Å². The van der Waals surface area contributed by atoms with E-state index < -0.39 is 5.91 Å². The molecule has 82 valence electrons. The molecule has 0 unspecified atom stereocenters. The molecule has 0 aliphatic carbocycles. The van der Waals surface area contributed by atoms with Gasteiger partial charge in [-0.1, -0.05) is 13.8 Å². The van der Waals surface area contributed by atoms with Crippen LogP contribution in [0.25, 0.3) is 5.65 Å². The monoisotopic (exact) mass is 207 g/mol. The van der Waals surface area contributed by atoms with Crippen molar-refractivity contribution >= 4 is 11.6 Å². The highest BCUT2D eigenvalue weighted by Crippen LogP contribution is 2.10. The number of hydrogen-bond acceptors (Lipinski definition) is 2. The minimum atomic E-state index is -0.445. The molecule has 0 spiro atoms. The topological polar surface area (TPSA) is 60.4 Å². The van der Waals surface area contributed by atoms with Crippen molar-refractivity contribution in [2.75, 3.05) is 0 Å². The molecule has 4 nitrogen and oxygen atoms in total. The number of rotatable bonds is 1. The molecule has 1 amide bonds. The molecule has 0 aromatic carbocycles. The molecular weight excluding hydrogens is 190 g/mol. The third kappa shape index (κ3) is 2.15. The number of pyridine rings is 1. The van der Waals surface area contributed by atoms with Crippen LogP contribution in [0.2, 0.25) is 0 Å². The fourth-order valence-corrected chi connectivity index (χ4v) is 1.36. The number of carbonyl (C=O) groups is 1. The fourth-order valence-electron chi connectivity index (χ4n) is 1.36. The predicted octanol–water partition coefficient (Wildman–Crippen LogP) is 2.01. The molecule has 4 heteroatoms. The van der Waals surface area contributed by atoms with Crippen LogP contribution < -0.4 is 5.73 Å². The summed E-state index contributed by atoms with van der Waals surface area (Å²) < 4.78 is 1.79. The van der Waals surface area contributed by atoms with Crippen LogP contribution in [0.1, 0.15) is 31.2 Å². The van der Waals surface area contributed by atoms with Gasteiger partial charge in [-0.3, -0.25) is 4.79 Å². The standard InChI is InChI=1S/C9H9N3O.C2H6.H2/c1-6-4-7(8(10)13)9-11-2-3-12(9)5-6;1-2;/h2-5H,1H3,(H2,10,13);1-2H3;1H. The highest BCUT2D eigenvalue weighted by Gasteiger charge is 2.08. The number of nitrogens with zero attached hydrogens (tertiary/aromatic N) is 2. The highest BCUT2D eigenvalue weighted by molar-refractivity contribution is 5.98. The molecule has 2 N–H and O–H groups in total. The summed E-state index contributed by atoms with van der Waals surface area (Å²) in [5, 5.41) is 0. The number of imidazole rings is 1. The maximum Gasteiger partial charge on any atom is 0.252 e. The number of aromatic nitrogens is 2. The second-order valence-corrected chi connectivity index (χ2v) is 2.95. The second-order valence-electron chi connectivity index (χ2n) is 2.95. The number of primary amides is 1. The van der Waals surface area contributed by atoms with Crippen LogP contribution >= 0.6 is 0 Å². The zero-order valence-electron chi connectivity index (χ0n) is 9.19. The molecule has 2 aromatic rings. The van der Waals surface area contributed by atoms with Crippen LogP contribution in [0.3, 0.4) is 0 Å². The maximum absolute atomic E-state index is 11.0. The van der Waals surface area contributed by atoms with E-state index in [0.717, 1.165) is 5.56 Å². The number of carbonyl (C=O) groups excluding carboxylic acids is 1. The molecule has 0 radical (unpaired) electrons. The second kappa shape index (κ2) is 4.59. The van der Waals surface area contributed by atoms with Gasteiger partial charge in [0, 0.05) is 20.0 Å². The van der Waals surface area contributed by atoms with E-state index >= 15 is 0 Å². The molecule has 0 saturated heterocycles. The Kier molecular flexibility index (Phi) is 3.44. The molecule has 2 aromatic heterocycles. The first-order chi connectivity index (χ1) is 7.18. The Balaban J connectivity index is 0.000000711. The normalized spacial score (nSPS) is 9.53. The summed E-state index contributed by atoms with van der Waals surface area (Å²) in [4.78, 5) is 15.1. The van der Waals surface area contributed by atoms with Crippen LogP contribution in [0.15, 0.2) is 24.7 Å². The van der Waals surface area contributed by atoms with Gasteiger partial charge in [0.25, 0.3) is 5.91 Å². The maximum atomic E-state index is 11.0. The van der Waals surface area contributed by atoms with Crippen LogP contribution in [-0.4, -0.2) is 15.3 Å². The molecule has 0 fully saturated rings. The van der Waals surface area contributed by atoms with Crippen molar-refractivity contribution in [3.05, 3.63) is 35.8 Å². The van der Waals surface area contributed by atoms with Gasteiger partial charge in [0.1, 0.15) is 5.65 Å². The van der Waals surface area contributed by atoms with Crippen molar-refractivity contribution in [1.29, 1.82) is 0 Å². The lowest BCUT2D eigenvalue weighted by atomic mass is 10.2. The van der Waals surface area contributed by atoms with Crippen LogP contribution in [0.4, 0.5) is 0 Å². The Morgan fingerprint density at radius 3 is 2.80 bits per heavy atom. The fraction of sp³-hybridized carbons (Fsp3) is 0.273. The minimum absolute atomic E-state index is 0. The number of nitrogens with two attached hydrogens (primary N) is 1. The van der Waals surface area contributed by atoms with E-state index in [9.17, 15) is 4.79 Å². The lowest BCUT2D eigenvalue weighted by Gasteiger charge is -2.01. The summed E-state index contributed by atoms with van der Waals surface area (Å²) >= 11 is 0. The Hall–Kier alpha value is -1.84. The van der Waals surface area contributed by atoms with E-state index in [1.165, 1.54) is 0 Å². The van der Waals surface area contributed by atoms with Gasteiger partial charge in [-0.05, 0) is 18.6 Å². The number of hydrogen-bond donors (Lipinski definition) is 1. The average molecular weight is 207 g/mol. The molecule has 0 bridgehead atoms. The summed E-state index contributed by atoms with van der Waals surface area (Å²) in [6.45, 7) is 5.91. The lowest BCUT2D eigenvalue weighted by molar-refractivity contribution is 0.100. The zero-order valence-corrected chi connectivity index (χ0v) is 9.19. The first-order valence-electron chi connectivity index (χ1n) is 4.91. The quantitative estimate of drug-likeness (QED) is 0.777. The Labute approximate surface area is 90.2 Å². The SMILES string of the molecule is CC.Cc1cc(C(N)=O)c2nccn2c1.[HH]. The summed E-state index contributed by atoms with van der Waals surface area (Å²) in [5.74, 6) is -0.445. The minimum Gasteiger partial charge on any atom is -0.365 e. The molecule has 15 heavy (non-hydrogen) atoms. The molecule has 0 saturated carbocycles. The van der Waals surface area contributed by atoms with Gasteiger partial charge >= 0.3 is 0 Å². The highest BCUT2D eigenvalue weighted by atomic mass is 16.1. The lowest BCUT2D eigenvalue weighted by Crippen LogP contribution is -2.13. The molecule has 2 heterocycles. The van der Waals surface area contributed by atoms with E-state index in [0.29, 0.717) is 11.2 Å². The van der Waals surface area contributed by atoms with Crippen molar-refractivity contribution in [2.45, 2.75) is 20.8 Å². The van der Waals surface area contributed by atoms with Gasteiger partial charge in [-0.2, -0.15) is 0 Å². The van der Waals surface area contributed by atoms with Crippen LogP contribution in [0, 0.1) is 6.92 Å². The van der Waals surface area contributed by atoms with Crippen LogP contribution in [-0.2, 0) is 0 Å². The smallest absolute Gasteiger partial charge is 0.252 e. The number of aryl methyl sites for hydroxylation is 1. The van der Waals surface area contributed by atoms with E-state index in [-0.39, 0.29) is 1.43 Å². The first kappa shape index (κ1) is 11.2. The third-order valence-electron chi connectivity index (χ3n) is 1.89. The van der Waals surface area contributed by atoms with Crippen molar-refractivity contribution in [2.24, 2.45) is 5.73 Å². The molecule has 2 rings (SSSR count). The third-order valence-corrected chi connectivity index (χ3v) is 1.89. The molecule has 0 atom stereocenters. The largest absolute Gasteiger partial charge is 0.365 e. The van der Waals surface area contributed by atoms with Crippen LogP contribution in [0.5, 0.6) is 0 Å². The van der Waals surface area contributed by atoms with Gasteiger partial charge in [-0.15, -0.1) is 0 Å².